The molecule has 0 unspecified atom stereocenters. The fourth-order valence-electron chi connectivity index (χ4n) is 8.73. The first kappa shape index (κ1) is 28.0. The van der Waals surface area contributed by atoms with Gasteiger partial charge in [0.15, 0.2) is 17.5 Å². The average molecular weight is 577 g/mol. The summed E-state index contributed by atoms with van der Waals surface area (Å²) in [7, 11) is 2.01. The number of rotatable bonds is 4. The highest BCUT2D eigenvalue weighted by Gasteiger charge is 2.95. The van der Waals surface area contributed by atoms with Crippen molar-refractivity contribution < 1.29 is 62.6 Å². The molecule has 0 aromatic carbocycles. The number of ketones is 1. The van der Waals surface area contributed by atoms with Gasteiger partial charge in [0.05, 0.1) is 38.8 Å². The summed E-state index contributed by atoms with van der Waals surface area (Å²) in [5, 5.41) is 35.9. The van der Waals surface area contributed by atoms with Crippen LogP contribution >= 0.6 is 0 Å². The maximum Gasteiger partial charge on any atom is 0.344 e. The second-order valence-corrected chi connectivity index (χ2v) is 12.6. The van der Waals surface area contributed by atoms with Gasteiger partial charge in [-0.25, -0.2) is 14.4 Å². The Morgan fingerprint density at radius 1 is 1.07 bits per heavy atom. The molecule has 9 atom stereocenters. The largest absolute Gasteiger partial charge is 0.472 e. The van der Waals surface area contributed by atoms with Crippen molar-refractivity contribution in [1.82, 2.24) is 0 Å². The molecule has 6 rings (SSSR count). The second kappa shape index (κ2) is 7.84. The van der Waals surface area contributed by atoms with Crippen LogP contribution < -0.4 is 0 Å². The van der Waals surface area contributed by atoms with E-state index in [0.717, 1.165) is 14.2 Å². The maximum absolute atomic E-state index is 15.0. The summed E-state index contributed by atoms with van der Waals surface area (Å²) >= 11 is 0. The van der Waals surface area contributed by atoms with E-state index in [2.05, 4.69) is 0 Å². The first-order valence-electron chi connectivity index (χ1n) is 13.1. The predicted octanol–water partition coefficient (Wildman–Crippen LogP) is 0.110. The lowest BCUT2D eigenvalue weighted by Crippen LogP contribution is -2.66. The van der Waals surface area contributed by atoms with Crippen molar-refractivity contribution in [2.45, 2.75) is 68.9 Å². The highest BCUT2D eigenvalue weighted by Crippen LogP contribution is 2.78. The Morgan fingerprint density at radius 3 is 2.27 bits per heavy atom. The third-order valence-electron chi connectivity index (χ3n) is 10.6. The molecule has 2 aliphatic carbocycles. The van der Waals surface area contributed by atoms with E-state index in [1.807, 2.05) is 0 Å². The van der Waals surface area contributed by atoms with E-state index >= 15 is 4.79 Å². The molecule has 1 aromatic rings. The maximum atomic E-state index is 15.0. The Bertz CT molecular complexity index is 1410. The smallest absolute Gasteiger partial charge is 0.344 e. The number of carbonyl (C=O) groups is 4. The molecule has 2 spiro atoms. The van der Waals surface area contributed by atoms with Crippen LogP contribution in [-0.4, -0.2) is 88.5 Å². The Labute approximate surface area is 234 Å². The van der Waals surface area contributed by atoms with E-state index in [1.165, 1.54) is 39.4 Å². The van der Waals surface area contributed by atoms with Crippen LogP contribution in [0.2, 0.25) is 0 Å². The molecule has 13 heteroatoms. The zero-order valence-corrected chi connectivity index (χ0v) is 23.4. The highest BCUT2D eigenvalue weighted by molar-refractivity contribution is 6.03. The van der Waals surface area contributed by atoms with Crippen LogP contribution in [-0.2, 0) is 42.9 Å². The highest BCUT2D eigenvalue weighted by atomic mass is 16.7. The van der Waals surface area contributed by atoms with Crippen molar-refractivity contribution >= 4 is 23.7 Å². The van der Waals surface area contributed by atoms with Crippen molar-refractivity contribution in [3.05, 3.63) is 35.8 Å². The minimum absolute atomic E-state index is 0.0953. The van der Waals surface area contributed by atoms with Gasteiger partial charge in [-0.15, -0.1) is 0 Å². The van der Waals surface area contributed by atoms with Gasteiger partial charge in [-0.05, 0) is 18.6 Å². The van der Waals surface area contributed by atoms with Crippen molar-refractivity contribution in [3.8, 4) is 0 Å². The van der Waals surface area contributed by atoms with Gasteiger partial charge in [-0.3, -0.25) is 4.79 Å². The number of carbonyl (C=O) groups excluding carboxylic acids is 4. The minimum Gasteiger partial charge on any atom is -0.472 e. The van der Waals surface area contributed by atoms with E-state index < -0.39 is 80.7 Å². The monoisotopic (exact) mass is 576 g/mol. The molecule has 4 fully saturated rings. The van der Waals surface area contributed by atoms with E-state index in [1.54, 1.807) is 13.0 Å². The first-order valence-corrected chi connectivity index (χ1v) is 13.1. The number of aliphatic hydroxyl groups is 3. The van der Waals surface area contributed by atoms with Gasteiger partial charge in [0.25, 0.3) is 0 Å². The van der Waals surface area contributed by atoms with Crippen molar-refractivity contribution in [3.63, 3.8) is 0 Å². The lowest BCUT2D eigenvalue weighted by molar-refractivity contribution is -0.329. The fraction of sp³-hybridized carbons (Fsp3) is 0.643. The molecule has 1 aromatic heterocycles. The van der Waals surface area contributed by atoms with Gasteiger partial charge in [-0.2, -0.15) is 0 Å². The number of methoxy groups -OCH3 is 2. The van der Waals surface area contributed by atoms with Crippen molar-refractivity contribution in [2.24, 2.45) is 22.2 Å². The molecule has 13 nitrogen and oxygen atoms in total. The van der Waals surface area contributed by atoms with Crippen LogP contribution in [0.5, 0.6) is 0 Å². The van der Waals surface area contributed by atoms with Crippen molar-refractivity contribution in [2.75, 3.05) is 20.8 Å². The number of hydrogen-bond donors (Lipinski definition) is 3. The van der Waals surface area contributed by atoms with E-state index in [4.69, 9.17) is 28.1 Å². The van der Waals surface area contributed by atoms with Crippen LogP contribution in [0.25, 0.3) is 0 Å². The molecular weight excluding hydrogens is 544 g/mol. The summed E-state index contributed by atoms with van der Waals surface area (Å²) in [5.74, 6) is -8.68. The fourth-order valence-corrected chi connectivity index (χ4v) is 8.73. The molecule has 2 saturated carbocycles. The quantitative estimate of drug-likeness (QED) is 0.249. The zero-order chi connectivity index (χ0) is 30.2. The average Bonchev–Trinajstić information content (AvgIpc) is 3.40. The van der Waals surface area contributed by atoms with E-state index in [9.17, 15) is 29.7 Å². The third kappa shape index (κ3) is 2.71. The van der Waals surface area contributed by atoms with Crippen LogP contribution in [0.4, 0.5) is 0 Å². The topological polar surface area (TPSA) is 192 Å². The Morgan fingerprint density at radius 2 is 1.73 bits per heavy atom. The Hall–Kier alpha value is -3.10. The lowest BCUT2D eigenvalue weighted by Gasteiger charge is -2.44. The second-order valence-electron chi connectivity index (χ2n) is 12.6. The van der Waals surface area contributed by atoms with Gasteiger partial charge in [0.2, 0.25) is 11.4 Å². The van der Waals surface area contributed by atoms with Crippen molar-refractivity contribution in [1.29, 1.82) is 0 Å². The summed E-state index contributed by atoms with van der Waals surface area (Å²) in [6, 6.07) is 1.61. The molecule has 222 valence electrons. The Balaban J connectivity index is 1.60. The van der Waals surface area contributed by atoms with E-state index in [-0.39, 0.29) is 13.0 Å². The number of cyclic esters (lactones) is 1. The van der Waals surface area contributed by atoms with Crippen LogP contribution in [0.3, 0.4) is 0 Å². The van der Waals surface area contributed by atoms with Crippen LogP contribution in [0.15, 0.2) is 34.7 Å². The number of epoxide rings is 1. The first-order chi connectivity index (χ1) is 19.0. The Kier molecular flexibility index (Phi) is 5.36. The van der Waals surface area contributed by atoms with Gasteiger partial charge >= 0.3 is 17.9 Å². The number of Topliss-reactive ketones (excluding diaryl/α,β-unsaturated/α-hetero) is 1. The number of aliphatic hydroxyl groups excluding tert-OH is 1. The standard InChI is InChI=1S/C28H32O13/c1-22(2)17(16(30)19(31)36-5)24(4)20(32)25(41-28(24,35)27(22,34)21(33)37-6)11-23(3)14(26(25)12-39-26)9-15(29)40-18(23)13-7-8-38-10-13/h7-10,16-18,30,34-35H,11-12H2,1-6H3/t16-,17+,18+,23-,24+,25+,26-,27-,28-/m1/s1. The van der Waals surface area contributed by atoms with Gasteiger partial charge < -0.3 is 43.4 Å². The van der Waals surface area contributed by atoms with Gasteiger partial charge in [0, 0.05) is 34.8 Å². The molecule has 5 aliphatic rings. The summed E-state index contributed by atoms with van der Waals surface area (Å²) in [4.78, 5) is 53.9. The molecule has 41 heavy (non-hydrogen) atoms. The zero-order valence-electron chi connectivity index (χ0n) is 23.4. The molecule has 3 N–H and O–H groups in total. The number of hydrogen-bond acceptors (Lipinski definition) is 13. The van der Waals surface area contributed by atoms with Gasteiger partial charge in [-0.1, -0.05) is 20.8 Å². The van der Waals surface area contributed by atoms with E-state index in [0.29, 0.717) is 11.1 Å². The number of esters is 3. The predicted molar refractivity (Wildman–Crippen MR) is 131 cm³/mol. The lowest BCUT2D eigenvalue weighted by atomic mass is 9.62. The molecule has 0 amide bonds. The molecule has 0 radical (unpaired) electrons. The molecule has 3 aliphatic heterocycles. The van der Waals surface area contributed by atoms with Gasteiger partial charge in [0.1, 0.15) is 11.7 Å². The van der Waals surface area contributed by atoms with Crippen LogP contribution in [0.1, 0.15) is 45.8 Å². The molecule has 0 bridgehead atoms. The number of furan rings is 1. The SMILES string of the molecule is COC(=O)[C@H](O)[C@H]1C(C)(C)[C@](O)(C(=O)OC)[C@]2(O)O[C@@]3(C[C@]4(C)C(=CC(=O)O[C@H]4c4ccoc4)[C@]34CO4)C(=O)[C@]12C. The summed E-state index contributed by atoms with van der Waals surface area (Å²) in [6.07, 6.45) is 0.796. The molecule has 4 heterocycles. The summed E-state index contributed by atoms with van der Waals surface area (Å²) in [6.45, 7) is 5.51. The molecule has 2 saturated heterocycles. The molecular formula is C28H32O13. The number of ether oxygens (including phenoxy) is 5. The number of fused-ring (bicyclic) bond motifs is 4. The summed E-state index contributed by atoms with van der Waals surface area (Å²) < 4.78 is 32.9. The summed E-state index contributed by atoms with van der Waals surface area (Å²) in [5.41, 5.74) is -11.1. The normalized spacial score (nSPS) is 46.1. The van der Waals surface area contributed by atoms with Crippen LogP contribution in [0, 0.1) is 22.2 Å². The minimum atomic E-state index is -3.04. The third-order valence-corrected chi connectivity index (χ3v) is 10.6.